The molecule has 0 aliphatic carbocycles. The summed E-state index contributed by atoms with van der Waals surface area (Å²) in [5.74, 6) is -0.354. The van der Waals surface area contributed by atoms with Gasteiger partial charge in [0.2, 0.25) is 10.0 Å². The summed E-state index contributed by atoms with van der Waals surface area (Å²) in [6.45, 7) is 1.16. The second kappa shape index (κ2) is 8.00. The molecule has 0 spiro atoms. The molecule has 1 atom stereocenters. The van der Waals surface area contributed by atoms with Crippen LogP contribution in [0.4, 0.5) is 0 Å². The van der Waals surface area contributed by atoms with E-state index in [0.717, 1.165) is 23.5 Å². The summed E-state index contributed by atoms with van der Waals surface area (Å²) in [5.41, 5.74) is 1.02. The molecule has 0 saturated carbocycles. The number of sulfonamides is 1. The Kier molecular flexibility index (Phi) is 5.44. The monoisotopic (exact) mass is 420 g/mol. The molecular weight excluding hydrogens is 400 g/mol. The molecule has 28 heavy (non-hydrogen) atoms. The number of carbonyl (C=O) groups excluding carboxylic acids is 1. The van der Waals surface area contributed by atoms with Crippen LogP contribution in [0.3, 0.4) is 0 Å². The zero-order valence-electron chi connectivity index (χ0n) is 15.0. The normalized spacial score (nSPS) is 17.2. The highest BCUT2D eigenvalue weighted by Crippen LogP contribution is 2.15. The fourth-order valence-corrected chi connectivity index (χ4v) is 4.86. The number of aromatic nitrogens is 2. The average Bonchev–Trinajstić information content (AvgIpc) is 3.42. The van der Waals surface area contributed by atoms with Gasteiger partial charge in [-0.3, -0.25) is 9.20 Å². The van der Waals surface area contributed by atoms with Gasteiger partial charge in [0, 0.05) is 36.5 Å². The van der Waals surface area contributed by atoms with E-state index in [1.807, 2.05) is 22.2 Å². The highest BCUT2D eigenvalue weighted by Gasteiger charge is 2.21. The van der Waals surface area contributed by atoms with Crippen molar-refractivity contribution in [3.63, 3.8) is 0 Å². The van der Waals surface area contributed by atoms with Gasteiger partial charge in [0.15, 0.2) is 4.96 Å². The minimum Gasteiger partial charge on any atom is -0.377 e. The lowest BCUT2D eigenvalue weighted by atomic mass is 10.2. The van der Waals surface area contributed by atoms with E-state index >= 15 is 0 Å². The number of benzene rings is 1. The Morgan fingerprint density at radius 1 is 1.39 bits per heavy atom. The summed E-state index contributed by atoms with van der Waals surface area (Å²) in [6.07, 6.45) is 5.44. The smallest absolute Gasteiger partial charge is 0.251 e. The van der Waals surface area contributed by atoms with Crippen molar-refractivity contribution in [3.05, 3.63) is 53.3 Å². The van der Waals surface area contributed by atoms with Gasteiger partial charge < -0.3 is 10.1 Å². The number of imidazole rings is 1. The number of hydrogen-bond acceptors (Lipinski definition) is 6. The van der Waals surface area contributed by atoms with Gasteiger partial charge in [-0.05, 0) is 31.0 Å². The lowest BCUT2D eigenvalue weighted by Crippen LogP contribution is -2.32. The molecule has 1 fully saturated rings. The molecular formula is C18H20N4O4S2. The molecule has 2 aromatic heterocycles. The van der Waals surface area contributed by atoms with Crippen molar-refractivity contribution in [2.75, 3.05) is 13.2 Å². The van der Waals surface area contributed by atoms with E-state index in [0.29, 0.717) is 6.61 Å². The lowest BCUT2D eigenvalue weighted by Gasteiger charge is -2.12. The van der Waals surface area contributed by atoms with E-state index in [9.17, 15) is 13.2 Å². The van der Waals surface area contributed by atoms with Crippen molar-refractivity contribution < 1.29 is 17.9 Å². The van der Waals surface area contributed by atoms with Crippen molar-refractivity contribution in [3.8, 4) is 0 Å². The molecule has 0 bridgehead atoms. The predicted molar refractivity (Wildman–Crippen MR) is 105 cm³/mol. The summed E-state index contributed by atoms with van der Waals surface area (Å²) in [4.78, 5) is 17.8. The van der Waals surface area contributed by atoms with Crippen molar-refractivity contribution >= 4 is 32.2 Å². The minimum atomic E-state index is -3.70. The second-order valence-corrected chi connectivity index (χ2v) is 9.16. The third-order valence-electron chi connectivity index (χ3n) is 4.50. The van der Waals surface area contributed by atoms with E-state index in [1.54, 1.807) is 12.1 Å². The van der Waals surface area contributed by atoms with Crippen LogP contribution in [0.1, 0.15) is 28.9 Å². The highest BCUT2D eigenvalue weighted by atomic mass is 32.2. The van der Waals surface area contributed by atoms with Crippen LogP contribution in [0.25, 0.3) is 4.96 Å². The van der Waals surface area contributed by atoms with Gasteiger partial charge in [0.05, 0.1) is 23.2 Å². The van der Waals surface area contributed by atoms with Crippen molar-refractivity contribution in [2.24, 2.45) is 0 Å². The SMILES string of the molecule is O=C(NCc1cn2ccsc2n1)c1cccc(S(=O)(=O)NCC2CCCO2)c1. The largest absolute Gasteiger partial charge is 0.377 e. The number of hydrogen-bond donors (Lipinski definition) is 2. The first-order valence-electron chi connectivity index (χ1n) is 8.92. The summed E-state index contributed by atoms with van der Waals surface area (Å²) in [5, 5.41) is 4.71. The molecule has 8 nitrogen and oxygen atoms in total. The number of ether oxygens (including phenoxy) is 1. The Morgan fingerprint density at radius 3 is 3.07 bits per heavy atom. The van der Waals surface area contributed by atoms with Gasteiger partial charge in [-0.1, -0.05) is 6.07 Å². The summed E-state index contributed by atoms with van der Waals surface area (Å²) in [6, 6.07) is 5.99. The Hall–Kier alpha value is -2.27. The molecule has 1 unspecified atom stereocenters. The van der Waals surface area contributed by atoms with E-state index in [4.69, 9.17) is 4.74 Å². The third kappa shape index (κ3) is 4.25. The van der Waals surface area contributed by atoms with Crippen LogP contribution in [0, 0.1) is 0 Å². The van der Waals surface area contributed by atoms with Crippen LogP contribution >= 0.6 is 11.3 Å². The molecule has 0 radical (unpaired) electrons. The topological polar surface area (TPSA) is 102 Å². The maximum atomic E-state index is 12.5. The first-order valence-corrected chi connectivity index (χ1v) is 11.3. The van der Waals surface area contributed by atoms with Crippen LogP contribution in [-0.2, 0) is 21.3 Å². The van der Waals surface area contributed by atoms with E-state index in [-0.39, 0.29) is 35.6 Å². The third-order valence-corrected chi connectivity index (χ3v) is 6.70. The number of thiazole rings is 1. The standard InChI is InChI=1S/C18H20N4O4S2/c23-17(19-10-14-12-22-6-8-27-18(22)21-14)13-3-1-5-16(9-13)28(24,25)20-11-15-4-2-7-26-15/h1,3,5-6,8-9,12,15,20H,2,4,7,10-11H2,(H,19,23). The number of carbonyl (C=O) groups is 1. The maximum Gasteiger partial charge on any atom is 0.251 e. The number of fused-ring (bicyclic) bond motifs is 1. The Balaban J connectivity index is 1.40. The van der Waals surface area contributed by atoms with Gasteiger partial charge in [0.25, 0.3) is 5.91 Å². The molecule has 3 heterocycles. The molecule has 1 aliphatic heterocycles. The summed E-state index contributed by atoms with van der Waals surface area (Å²) < 4.78 is 34.9. The number of rotatable bonds is 7. The van der Waals surface area contributed by atoms with Crippen LogP contribution in [-0.4, -0.2) is 43.0 Å². The van der Waals surface area contributed by atoms with E-state index in [2.05, 4.69) is 15.0 Å². The molecule has 10 heteroatoms. The van der Waals surface area contributed by atoms with Gasteiger partial charge in [0.1, 0.15) is 0 Å². The molecule has 148 valence electrons. The molecule has 4 rings (SSSR count). The summed E-state index contributed by atoms with van der Waals surface area (Å²) >= 11 is 1.51. The zero-order valence-corrected chi connectivity index (χ0v) is 16.6. The molecule has 2 N–H and O–H groups in total. The Bertz CT molecular complexity index is 1060. The molecule has 1 saturated heterocycles. The second-order valence-electron chi connectivity index (χ2n) is 6.52. The van der Waals surface area contributed by atoms with Crippen molar-refractivity contribution in [1.29, 1.82) is 0 Å². The zero-order chi connectivity index (χ0) is 19.6. The van der Waals surface area contributed by atoms with Crippen LogP contribution in [0.15, 0.2) is 46.9 Å². The summed E-state index contributed by atoms with van der Waals surface area (Å²) in [7, 11) is -3.70. The van der Waals surface area contributed by atoms with E-state index < -0.39 is 10.0 Å². The Morgan fingerprint density at radius 2 is 2.29 bits per heavy atom. The van der Waals surface area contributed by atoms with Crippen LogP contribution in [0.5, 0.6) is 0 Å². The molecule has 1 amide bonds. The van der Waals surface area contributed by atoms with Gasteiger partial charge >= 0.3 is 0 Å². The fraction of sp³-hybridized carbons (Fsp3) is 0.333. The molecule has 1 aromatic carbocycles. The highest BCUT2D eigenvalue weighted by molar-refractivity contribution is 7.89. The minimum absolute atomic E-state index is 0.0562. The van der Waals surface area contributed by atoms with Gasteiger partial charge in [-0.2, -0.15) is 0 Å². The van der Waals surface area contributed by atoms with Gasteiger partial charge in [-0.15, -0.1) is 11.3 Å². The molecule has 1 aliphatic rings. The Labute approximate surface area is 166 Å². The number of nitrogens with one attached hydrogen (secondary N) is 2. The van der Waals surface area contributed by atoms with Crippen LogP contribution in [0.2, 0.25) is 0 Å². The van der Waals surface area contributed by atoms with Crippen LogP contribution < -0.4 is 10.0 Å². The average molecular weight is 421 g/mol. The van der Waals surface area contributed by atoms with Crippen molar-refractivity contribution in [2.45, 2.75) is 30.4 Å². The maximum absolute atomic E-state index is 12.5. The fourth-order valence-electron chi connectivity index (χ4n) is 3.03. The van der Waals surface area contributed by atoms with Crippen molar-refractivity contribution in [1.82, 2.24) is 19.4 Å². The number of nitrogens with zero attached hydrogens (tertiary/aromatic N) is 2. The lowest BCUT2D eigenvalue weighted by molar-refractivity contribution is 0.0950. The first-order chi connectivity index (χ1) is 13.5. The van der Waals surface area contributed by atoms with E-state index in [1.165, 1.54) is 23.5 Å². The predicted octanol–water partition coefficient (Wildman–Crippen LogP) is 1.78. The quantitative estimate of drug-likeness (QED) is 0.607. The van der Waals surface area contributed by atoms with Gasteiger partial charge in [-0.25, -0.2) is 18.1 Å². The first kappa shape index (κ1) is 19.1. The number of amides is 1. The molecule has 3 aromatic rings.